The molecule has 35 heavy (non-hydrogen) atoms. The summed E-state index contributed by atoms with van der Waals surface area (Å²) in [6, 6.07) is 5.03. The van der Waals surface area contributed by atoms with E-state index in [2.05, 4.69) is 17.2 Å². The normalized spacial score (nSPS) is 20.8. The van der Waals surface area contributed by atoms with Crippen LogP contribution in [0.3, 0.4) is 0 Å². The zero-order valence-electron chi connectivity index (χ0n) is 19.6. The van der Waals surface area contributed by atoms with E-state index in [-0.39, 0.29) is 11.1 Å². The molecule has 0 spiro atoms. The van der Waals surface area contributed by atoms with Crippen LogP contribution in [0.15, 0.2) is 29.2 Å². The molecule has 2 fully saturated rings. The number of aromatic nitrogens is 1. The van der Waals surface area contributed by atoms with Gasteiger partial charge in [0.2, 0.25) is 5.95 Å². The zero-order chi connectivity index (χ0) is 25.2. The van der Waals surface area contributed by atoms with Gasteiger partial charge < -0.3 is 10.2 Å². The highest BCUT2D eigenvalue weighted by atomic mass is 35.5. The fourth-order valence-electron chi connectivity index (χ4n) is 4.72. The molecule has 1 aliphatic heterocycles. The Hall–Kier alpha value is -2.04. The second-order valence-electron chi connectivity index (χ2n) is 9.81. The Morgan fingerprint density at radius 1 is 1.23 bits per heavy atom. The second-order valence-corrected chi connectivity index (χ2v) is 11.8. The molecule has 0 radical (unpaired) electrons. The Balaban J connectivity index is 1.43. The third kappa shape index (κ3) is 6.03. The van der Waals surface area contributed by atoms with Gasteiger partial charge in [-0.2, -0.15) is 4.39 Å². The number of nitrogens with one attached hydrogen (secondary N) is 2. The number of unbranched alkanes of at least 4 members (excludes halogenated alkanes) is 1. The predicted octanol–water partition coefficient (Wildman–Crippen LogP) is 5.48. The monoisotopic (exact) mass is 530 g/mol. The molecule has 2 heterocycles. The van der Waals surface area contributed by atoms with Crippen molar-refractivity contribution < 1.29 is 21.6 Å². The fourth-order valence-corrected chi connectivity index (χ4v) is 6.19. The Morgan fingerprint density at radius 3 is 2.69 bits per heavy atom. The number of benzene rings is 1. The van der Waals surface area contributed by atoms with Crippen LogP contribution in [-0.4, -0.2) is 39.1 Å². The van der Waals surface area contributed by atoms with Gasteiger partial charge in [-0.15, -0.1) is 0 Å². The van der Waals surface area contributed by atoms with Gasteiger partial charge in [0.1, 0.15) is 16.7 Å². The van der Waals surface area contributed by atoms with Crippen molar-refractivity contribution in [3.63, 3.8) is 0 Å². The number of hydrogen-bond donors (Lipinski definition) is 2. The largest absolute Gasteiger partial charge is 0.370 e. The Morgan fingerprint density at radius 2 is 2.00 bits per heavy atom. The molecule has 4 rings (SSSR count). The van der Waals surface area contributed by atoms with Crippen LogP contribution >= 0.6 is 11.6 Å². The number of hydrogen-bond acceptors (Lipinski definition) is 5. The minimum atomic E-state index is -4.74. The maximum atomic E-state index is 15.1. The molecule has 6 nitrogen and oxygen atoms in total. The van der Waals surface area contributed by atoms with Gasteiger partial charge in [0.15, 0.2) is 10.7 Å². The fraction of sp³-hybridized carbons (Fsp3) is 0.542. The Labute approximate surface area is 209 Å². The van der Waals surface area contributed by atoms with E-state index in [1.54, 1.807) is 4.90 Å². The lowest BCUT2D eigenvalue weighted by Crippen LogP contribution is -2.35. The zero-order valence-corrected chi connectivity index (χ0v) is 21.2. The van der Waals surface area contributed by atoms with Crippen LogP contribution in [-0.2, 0) is 10.0 Å². The molecule has 1 aromatic heterocycles. The van der Waals surface area contributed by atoms with Crippen LogP contribution < -0.4 is 14.9 Å². The van der Waals surface area contributed by atoms with E-state index in [4.69, 9.17) is 11.6 Å². The lowest BCUT2D eigenvalue weighted by atomic mass is 9.84. The third-order valence-electron chi connectivity index (χ3n) is 6.96. The van der Waals surface area contributed by atoms with Crippen LogP contribution in [0.25, 0.3) is 0 Å². The molecule has 1 atom stereocenters. The minimum Gasteiger partial charge on any atom is -0.370 e. The van der Waals surface area contributed by atoms with Crippen molar-refractivity contribution in [1.82, 2.24) is 10.3 Å². The van der Waals surface area contributed by atoms with Gasteiger partial charge >= 0.3 is 0 Å². The van der Waals surface area contributed by atoms with Crippen LogP contribution in [0, 0.1) is 23.0 Å². The molecule has 1 saturated heterocycles. The van der Waals surface area contributed by atoms with Crippen molar-refractivity contribution in [1.29, 1.82) is 0 Å². The topological polar surface area (TPSA) is 74.3 Å². The highest BCUT2D eigenvalue weighted by Crippen LogP contribution is 2.42. The summed E-state index contributed by atoms with van der Waals surface area (Å²) in [5, 5.41) is 3.09. The highest BCUT2D eigenvalue weighted by molar-refractivity contribution is 7.92. The van der Waals surface area contributed by atoms with E-state index in [0.29, 0.717) is 19.1 Å². The average molecular weight is 531 g/mol. The number of rotatable bonds is 10. The van der Waals surface area contributed by atoms with Crippen molar-refractivity contribution in [3.05, 3.63) is 46.9 Å². The Kier molecular flexibility index (Phi) is 7.83. The van der Waals surface area contributed by atoms with E-state index in [1.165, 1.54) is 31.4 Å². The van der Waals surface area contributed by atoms with Gasteiger partial charge in [-0.3, -0.25) is 4.72 Å². The molecule has 2 N–H and O–H groups in total. The van der Waals surface area contributed by atoms with E-state index in [9.17, 15) is 17.2 Å². The van der Waals surface area contributed by atoms with Gasteiger partial charge in [0.25, 0.3) is 10.0 Å². The number of pyridine rings is 1. The first-order valence-corrected chi connectivity index (χ1v) is 13.8. The lowest BCUT2D eigenvalue weighted by Gasteiger charge is -2.28. The Bertz CT molecular complexity index is 1180. The smallest absolute Gasteiger partial charge is 0.268 e. The first-order chi connectivity index (χ1) is 16.6. The third-order valence-corrected chi connectivity index (χ3v) is 8.71. The SMILES string of the molecule is C[C@@]1(CCCCNC2CCC2)CCN(c2cc(F)c(S(=O)(=O)Nc3cccc(F)n3)c(F)c2Cl)C1. The molecule has 11 heteroatoms. The number of halogens is 4. The molecule has 192 valence electrons. The summed E-state index contributed by atoms with van der Waals surface area (Å²) < 4.78 is 70.6. The van der Waals surface area contributed by atoms with E-state index in [1.807, 2.05) is 4.72 Å². The maximum Gasteiger partial charge on any atom is 0.268 e. The summed E-state index contributed by atoms with van der Waals surface area (Å²) in [6.07, 6.45) is 7.79. The van der Waals surface area contributed by atoms with Crippen molar-refractivity contribution in [2.24, 2.45) is 5.41 Å². The van der Waals surface area contributed by atoms with Crippen molar-refractivity contribution in [3.8, 4) is 0 Å². The van der Waals surface area contributed by atoms with E-state index >= 15 is 4.39 Å². The first kappa shape index (κ1) is 26.0. The summed E-state index contributed by atoms with van der Waals surface area (Å²) in [5.41, 5.74) is 0.0992. The van der Waals surface area contributed by atoms with Crippen molar-refractivity contribution in [2.75, 3.05) is 29.3 Å². The molecule has 0 amide bonds. The molecule has 0 unspecified atom stereocenters. The number of sulfonamides is 1. The summed E-state index contributed by atoms with van der Waals surface area (Å²) in [4.78, 5) is 3.95. The van der Waals surface area contributed by atoms with Gasteiger partial charge in [-0.05, 0) is 56.2 Å². The molecule has 2 aliphatic rings. The lowest BCUT2D eigenvalue weighted by molar-refractivity contribution is 0.308. The van der Waals surface area contributed by atoms with Crippen molar-refractivity contribution >= 4 is 33.1 Å². The van der Waals surface area contributed by atoms with Gasteiger partial charge in [0.05, 0.1) is 5.69 Å². The summed E-state index contributed by atoms with van der Waals surface area (Å²) in [7, 11) is -4.74. The van der Waals surface area contributed by atoms with Crippen molar-refractivity contribution in [2.45, 2.75) is 62.8 Å². The molecular formula is C24H30ClF3N4O2S. The molecule has 1 aromatic carbocycles. The highest BCUT2D eigenvalue weighted by Gasteiger charge is 2.36. The second kappa shape index (κ2) is 10.5. The quantitative estimate of drug-likeness (QED) is 0.242. The van der Waals surface area contributed by atoms with E-state index < -0.39 is 43.3 Å². The number of anilines is 2. The molecule has 0 bridgehead atoms. The van der Waals surface area contributed by atoms with Crippen LogP contribution in [0.4, 0.5) is 24.7 Å². The van der Waals surface area contributed by atoms with Gasteiger partial charge in [0, 0.05) is 25.2 Å². The maximum absolute atomic E-state index is 15.1. The standard InChI is InChI=1S/C24H30ClF3N4O2S/c1-24(10-2-3-12-29-16-6-4-7-16)11-13-32(15-24)18-14-17(26)23(22(28)21(18)25)35(33,34)31-20-9-5-8-19(27)30-20/h5,8-9,14,16,29H,2-4,6-7,10-13,15H2,1H3,(H,30,31)/t24-/m1/s1. The average Bonchev–Trinajstić information content (AvgIpc) is 3.13. The van der Waals surface area contributed by atoms with Gasteiger partial charge in [-0.1, -0.05) is 37.4 Å². The van der Waals surface area contributed by atoms with Crippen LogP contribution in [0.5, 0.6) is 0 Å². The molecular weight excluding hydrogens is 501 g/mol. The number of nitrogens with zero attached hydrogens (tertiary/aromatic N) is 2. The summed E-state index contributed by atoms with van der Waals surface area (Å²) >= 11 is 6.21. The molecule has 2 aromatic rings. The van der Waals surface area contributed by atoms with E-state index in [0.717, 1.165) is 44.4 Å². The molecule has 1 saturated carbocycles. The molecule has 1 aliphatic carbocycles. The van der Waals surface area contributed by atoms with Gasteiger partial charge in [-0.25, -0.2) is 22.2 Å². The first-order valence-electron chi connectivity index (χ1n) is 11.9. The van der Waals surface area contributed by atoms with Crippen LogP contribution in [0.1, 0.15) is 51.9 Å². The van der Waals surface area contributed by atoms with Crippen LogP contribution in [0.2, 0.25) is 5.02 Å². The minimum absolute atomic E-state index is 0.0257. The summed E-state index contributed by atoms with van der Waals surface area (Å²) in [6.45, 7) is 4.29. The predicted molar refractivity (Wildman–Crippen MR) is 131 cm³/mol. The summed E-state index contributed by atoms with van der Waals surface area (Å²) in [5.74, 6) is -4.00.